The monoisotopic (exact) mass is 377 g/mol. The molecule has 0 spiro atoms. The van der Waals surface area contributed by atoms with Gasteiger partial charge in [0, 0.05) is 0 Å². The van der Waals surface area contributed by atoms with Gasteiger partial charge >= 0.3 is 0 Å². The average molecular weight is 377 g/mol. The molecule has 0 aliphatic heterocycles. The minimum atomic E-state index is -0.857. The number of halogens is 2. The third-order valence-corrected chi connectivity index (χ3v) is 4.43. The van der Waals surface area contributed by atoms with Crippen molar-refractivity contribution in [3.63, 3.8) is 0 Å². The van der Waals surface area contributed by atoms with Gasteiger partial charge in [-0.15, -0.1) is 5.10 Å². The molecule has 0 aliphatic carbocycles. The van der Waals surface area contributed by atoms with Crippen LogP contribution in [0.1, 0.15) is 6.92 Å². The second kappa shape index (κ2) is 7.48. The maximum atomic E-state index is 13.7. The van der Waals surface area contributed by atoms with Crippen LogP contribution < -0.4 is 5.32 Å². The lowest BCUT2D eigenvalue weighted by Gasteiger charge is -2.12. The third-order valence-electron chi connectivity index (χ3n) is 3.40. The normalized spacial score (nSPS) is 12.0. The number of amides is 1. The van der Waals surface area contributed by atoms with E-state index in [9.17, 15) is 18.7 Å². The Balaban J connectivity index is 1.74. The Morgan fingerprint density at radius 3 is 2.50 bits per heavy atom. The first-order chi connectivity index (χ1) is 12.5. The van der Waals surface area contributed by atoms with Crippen LogP contribution in [-0.4, -0.2) is 36.5 Å². The van der Waals surface area contributed by atoms with Crippen molar-refractivity contribution in [2.75, 3.05) is 5.32 Å². The van der Waals surface area contributed by atoms with Gasteiger partial charge in [-0.05, 0) is 53.7 Å². The Kier molecular flexibility index (Phi) is 5.12. The molecule has 0 saturated heterocycles. The zero-order valence-electron chi connectivity index (χ0n) is 13.4. The van der Waals surface area contributed by atoms with Crippen molar-refractivity contribution in [2.45, 2.75) is 17.3 Å². The lowest BCUT2D eigenvalue weighted by Crippen LogP contribution is -2.24. The fourth-order valence-corrected chi connectivity index (χ4v) is 2.87. The number of carbonyl (C=O) groups excluding carboxylic acids is 1. The minimum Gasteiger partial charge on any atom is -0.508 e. The third kappa shape index (κ3) is 3.80. The van der Waals surface area contributed by atoms with Gasteiger partial charge in [-0.2, -0.15) is 4.68 Å². The van der Waals surface area contributed by atoms with E-state index in [-0.39, 0.29) is 5.75 Å². The van der Waals surface area contributed by atoms with Crippen molar-refractivity contribution in [1.82, 2.24) is 20.2 Å². The molecule has 7 nitrogen and oxygen atoms in total. The molecule has 2 N–H and O–H groups in total. The first-order valence-electron chi connectivity index (χ1n) is 7.45. The number of thioether (sulfide) groups is 1. The van der Waals surface area contributed by atoms with Crippen molar-refractivity contribution in [3.05, 3.63) is 54.1 Å². The summed E-state index contributed by atoms with van der Waals surface area (Å²) in [5.41, 5.74) is 0.0890. The van der Waals surface area contributed by atoms with Gasteiger partial charge in [-0.1, -0.05) is 17.8 Å². The van der Waals surface area contributed by atoms with E-state index >= 15 is 0 Å². The van der Waals surface area contributed by atoms with E-state index in [0.717, 1.165) is 23.9 Å². The van der Waals surface area contributed by atoms with Crippen molar-refractivity contribution in [1.29, 1.82) is 0 Å². The van der Waals surface area contributed by atoms with Crippen LogP contribution in [-0.2, 0) is 4.79 Å². The highest BCUT2D eigenvalue weighted by molar-refractivity contribution is 8.00. The topological polar surface area (TPSA) is 92.9 Å². The second-order valence-corrected chi connectivity index (χ2v) is 6.54. The van der Waals surface area contributed by atoms with Gasteiger partial charge in [0.05, 0.1) is 10.9 Å². The molecule has 1 aromatic heterocycles. The van der Waals surface area contributed by atoms with E-state index in [1.807, 2.05) is 0 Å². The Bertz CT molecular complexity index is 912. The highest BCUT2D eigenvalue weighted by Crippen LogP contribution is 2.25. The number of nitrogens with one attached hydrogen (secondary N) is 1. The number of para-hydroxylation sites is 1. The van der Waals surface area contributed by atoms with Crippen molar-refractivity contribution in [2.24, 2.45) is 0 Å². The Morgan fingerprint density at radius 2 is 1.85 bits per heavy atom. The standard InChI is InChI=1S/C16H13F2N5O2S/c1-9(15(25)19-14-12(17)3-2-4-13(14)18)26-16-20-21-22-23(16)10-5-7-11(24)8-6-10/h2-9,24H,1H3,(H,19,25)/t9-/m1/s1. The Hall–Kier alpha value is -3.01. The molecule has 3 rings (SSSR count). The summed E-state index contributed by atoms with van der Waals surface area (Å²) in [6.45, 7) is 1.56. The average Bonchev–Trinajstić information content (AvgIpc) is 3.07. The van der Waals surface area contributed by atoms with Gasteiger partial charge in [0.2, 0.25) is 11.1 Å². The van der Waals surface area contributed by atoms with Crippen molar-refractivity contribution in [3.8, 4) is 11.4 Å². The van der Waals surface area contributed by atoms with E-state index in [2.05, 4.69) is 20.8 Å². The van der Waals surface area contributed by atoms with Crippen LogP contribution in [0.2, 0.25) is 0 Å². The van der Waals surface area contributed by atoms with Gasteiger partial charge in [0.15, 0.2) is 0 Å². The Morgan fingerprint density at radius 1 is 1.19 bits per heavy atom. The first-order valence-corrected chi connectivity index (χ1v) is 8.33. The van der Waals surface area contributed by atoms with Crippen LogP contribution >= 0.6 is 11.8 Å². The molecule has 1 heterocycles. The minimum absolute atomic E-state index is 0.0932. The molecule has 0 bridgehead atoms. The molecule has 2 aromatic carbocycles. The number of hydrogen-bond donors (Lipinski definition) is 2. The van der Waals surface area contributed by atoms with Crippen LogP contribution in [0.3, 0.4) is 0 Å². The van der Waals surface area contributed by atoms with Crippen molar-refractivity contribution >= 4 is 23.4 Å². The quantitative estimate of drug-likeness (QED) is 0.664. The molecule has 1 amide bonds. The molecule has 0 saturated carbocycles. The predicted octanol–water partition coefficient (Wildman–Crippen LogP) is 2.77. The number of rotatable bonds is 5. The van der Waals surface area contributed by atoms with Crippen LogP contribution in [0.15, 0.2) is 47.6 Å². The van der Waals surface area contributed by atoms with E-state index in [4.69, 9.17) is 0 Å². The Labute approximate surface area is 151 Å². The zero-order chi connectivity index (χ0) is 18.7. The fourth-order valence-electron chi connectivity index (χ4n) is 2.06. The largest absolute Gasteiger partial charge is 0.508 e. The number of benzene rings is 2. The van der Waals surface area contributed by atoms with Gasteiger partial charge in [-0.25, -0.2) is 8.78 Å². The molecular weight excluding hydrogens is 364 g/mol. The highest BCUT2D eigenvalue weighted by Gasteiger charge is 2.21. The molecule has 0 radical (unpaired) electrons. The van der Waals surface area contributed by atoms with Gasteiger partial charge < -0.3 is 10.4 Å². The predicted molar refractivity (Wildman–Crippen MR) is 91.1 cm³/mol. The number of phenols is 1. The lowest BCUT2D eigenvalue weighted by molar-refractivity contribution is -0.115. The van der Waals surface area contributed by atoms with E-state index in [1.54, 1.807) is 19.1 Å². The summed E-state index contributed by atoms with van der Waals surface area (Å²) >= 11 is 1.02. The van der Waals surface area contributed by atoms with E-state index < -0.39 is 28.5 Å². The summed E-state index contributed by atoms with van der Waals surface area (Å²) in [6, 6.07) is 9.49. The molecule has 0 unspecified atom stereocenters. The molecule has 134 valence electrons. The number of phenolic OH excluding ortho intramolecular Hbond substituents is 1. The summed E-state index contributed by atoms with van der Waals surface area (Å²) < 4.78 is 28.7. The van der Waals surface area contributed by atoms with E-state index in [1.165, 1.54) is 22.9 Å². The van der Waals surface area contributed by atoms with Crippen LogP contribution in [0, 0.1) is 11.6 Å². The molecule has 26 heavy (non-hydrogen) atoms. The number of nitrogens with zero attached hydrogens (tertiary/aromatic N) is 4. The lowest BCUT2D eigenvalue weighted by atomic mass is 10.3. The smallest absolute Gasteiger partial charge is 0.237 e. The van der Waals surface area contributed by atoms with E-state index in [0.29, 0.717) is 10.8 Å². The summed E-state index contributed by atoms with van der Waals surface area (Å²) in [6.07, 6.45) is 0. The van der Waals surface area contributed by atoms with Crippen LogP contribution in [0.5, 0.6) is 5.75 Å². The maximum Gasteiger partial charge on any atom is 0.237 e. The first kappa shape index (κ1) is 17.8. The molecular formula is C16H13F2N5O2S. The van der Waals surface area contributed by atoms with Gasteiger partial charge in [0.1, 0.15) is 23.1 Å². The van der Waals surface area contributed by atoms with Gasteiger partial charge in [0.25, 0.3) is 0 Å². The number of aromatic hydroxyl groups is 1. The molecule has 0 fully saturated rings. The SMILES string of the molecule is C[C@@H](Sc1nnnn1-c1ccc(O)cc1)C(=O)Nc1c(F)cccc1F. The number of aromatic nitrogens is 4. The maximum absolute atomic E-state index is 13.7. The molecule has 3 aromatic rings. The number of hydrogen-bond acceptors (Lipinski definition) is 6. The summed E-state index contributed by atoms with van der Waals surface area (Å²) in [5, 5.41) is 22.4. The van der Waals surface area contributed by atoms with Crippen LogP contribution in [0.25, 0.3) is 5.69 Å². The number of tetrazole rings is 1. The fraction of sp³-hybridized carbons (Fsp3) is 0.125. The summed E-state index contributed by atoms with van der Waals surface area (Å²) in [5.74, 6) is -2.22. The highest BCUT2D eigenvalue weighted by atomic mass is 32.2. The van der Waals surface area contributed by atoms with Crippen molar-refractivity contribution < 1.29 is 18.7 Å². The number of carbonyl (C=O) groups is 1. The number of anilines is 1. The summed E-state index contributed by atoms with van der Waals surface area (Å²) in [7, 11) is 0. The van der Waals surface area contributed by atoms with Crippen LogP contribution in [0.4, 0.5) is 14.5 Å². The zero-order valence-corrected chi connectivity index (χ0v) is 14.2. The van der Waals surface area contributed by atoms with Gasteiger partial charge in [-0.3, -0.25) is 4.79 Å². The molecule has 0 aliphatic rings. The molecule has 1 atom stereocenters. The second-order valence-electron chi connectivity index (χ2n) is 5.24. The summed E-state index contributed by atoms with van der Waals surface area (Å²) in [4.78, 5) is 12.3. The molecule has 10 heteroatoms.